The minimum absolute atomic E-state index is 0.0429. The van der Waals surface area contributed by atoms with E-state index in [1.807, 2.05) is 33.8 Å². The Labute approximate surface area is 138 Å². The van der Waals surface area contributed by atoms with Crippen LogP contribution in [0.25, 0.3) is 0 Å². The summed E-state index contributed by atoms with van der Waals surface area (Å²) in [5.41, 5.74) is 2.18. The zero-order valence-electron chi connectivity index (χ0n) is 13.9. The minimum atomic E-state index is -3.74. The molecule has 0 amide bonds. The normalized spacial score (nSPS) is 23.9. The molecule has 1 aliphatic rings. The van der Waals surface area contributed by atoms with Crippen LogP contribution in [-0.2, 0) is 10.0 Å². The highest BCUT2D eigenvalue weighted by molar-refractivity contribution is 7.89. The first-order valence-electron chi connectivity index (χ1n) is 7.73. The van der Waals surface area contributed by atoms with E-state index in [1.54, 1.807) is 12.1 Å². The van der Waals surface area contributed by atoms with Crippen LogP contribution >= 0.6 is 0 Å². The Morgan fingerprint density at radius 1 is 1.22 bits per heavy atom. The molecule has 0 fully saturated rings. The third kappa shape index (κ3) is 4.00. The summed E-state index contributed by atoms with van der Waals surface area (Å²) in [5.74, 6) is 0.328. The van der Waals surface area contributed by atoms with Gasteiger partial charge in [-0.25, -0.2) is 0 Å². The van der Waals surface area contributed by atoms with Gasteiger partial charge in [0, 0.05) is 0 Å². The van der Waals surface area contributed by atoms with Gasteiger partial charge in [0.25, 0.3) is 10.0 Å². The molecule has 2 atom stereocenters. The van der Waals surface area contributed by atoms with Gasteiger partial charge in [0.05, 0.1) is 10.6 Å². The van der Waals surface area contributed by atoms with Gasteiger partial charge in [0.15, 0.2) is 0 Å². The van der Waals surface area contributed by atoms with E-state index >= 15 is 0 Å². The van der Waals surface area contributed by atoms with Crippen LogP contribution in [0.1, 0.15) is 32.8 Å². The molecule has 1 aromatic carbocycles. The van der Waals surface area contributed by atoms with Gasteiger partial charge in [0.1, 0.15) is 6.10 Å². The van der Waals surface area contributed by atoms with Crippen molar-refractivity contribution in [3.05, 3.63) is 41.5 Å². The molecular formula is C17H24N2O3S. The number of nitrogens with one attached hydrogen (secondary N) is 1. The second-order valence-corrected chi connectivity index (χ2v) is 8.04. The average molecular weight is 336 g/mol. The number of hydrogen-bond acceptors (Lipinski definition) is 4. The Bertz CT molecular complexity index is 719. The summed E-state index contributed by atoms with van der Waals surface area (Å²) in [6, 6.07) is 6.54. The Kier molecular flexibility index (Phi) is 5.26. The van der Waals surface area contributed by atoms with Crippen molar-refractivity contribution in [1.29, 1.82) is 0 Å². The summed E-state index contributed by atoms with van der Waals surface area (Å²) < 4.78 is 24.6. The van der Waals surface area contributed by atoms with Crippen molar-refractivity contribution in [2.75, 3.05) is 0 Å². The Hall–Kier alpha value is -1.66. The maximum Gasteiger partial charge on any atom is 0.276 e. The predicted molar refractivity (Wildman–Crippen MR) is 91.6 cm³/mol. The molecule has 6 heteroatoms. The smallest absolute Gasteiger partial charge is 0.276 e. The molecule has 0 heterocycles. The lowest BCUT2D eigenvalue weighted by molar-refractivity contribution is 0.136. The van der Waals surface area contributed by atoms with Gasteiger partial charge in [0.2, 0.25) is 0 Å². The number of aryl methyl sites for hydroxylation is 1. The fourth-order valence-electron chi connectivity index (χ4n) is 2.65. The van der Waals surface area contributed by atoms with Crippen molar-refractivity contribution in [2.45, 2.75) is 45.1 Å². The number of aliphatic hydroxyl groups is 1. The first-order valence-corrected chi connectivity index (χ1v) is 9.22. The second kappa shape index (κ2) is 6.84. The molecule has 1 aromatic rings. The van der Waals surface area contributed by atoms with Gasteiger partial charge in [-0.3, -0.25) is 0 Å². The molecule has 2 rings (SSSR count). The van der Waals surface area contributed by atoms with Gasteiger partial charge in [-0.15, -0.1) is 0 Å². The van der Waals surface area contributed by atoms with Crippen LogP contribution < -0.4 is 4.83 Å². The number of allylic oxidation sites excluding steroid dienone is 1. The van der Waals surface area contributed by atoms with E-state index in [-0.39, 0.29) is 16.7 Å². The van der Waals surface area contributed by atoms with Gasteiger partial charge in [-0.2, -0.15) is 18.4 Å². The van der Waals surface area contributed by atoms with Crippen molar-refractivity contribution in [3.8, 4) is 0 Å². The Balaban J connectivity index is 2.25. The van der Waals surface area contributed by atoms with Crippen LogP contribution in [0.2, 0.25) is 0 Å². The summed E-state index contributed by atoms with van der Waals surface area (Å²) in [4.78, 5) is 2.40. The zero-order chi connectivity index (χ0) is 17.2. The molecule has 0 saturated heterocycles. The molecule has 1 aliphatic carbocycles. The molecule has 0 saturated carbocycles. The highest BCUT2D eigenvalue weighted by Gasteiger charge is 2.31. The first-order chi connectivity index (χ1) is 10.7. The van der Waals surface area contributed by atoms with Crippen molar-refractivity contribution in [2.24, 2.45) is 16.9 Å². The first kappa shape index (κ1) is 17.7. The number of sulfonamides is 1. The molecule has 0 aromatic heterocycles. The van der Waals surface area contributed by atoms with E-state index in [9.17, 15) is 13.5 Å². The molecule has 23 heavy (non-hydrogen) atoms. The highest BCUT2D eigenvalue weighted by atomic mass is 32.2. The maximum absolute atomic E-state index is 12.3. The number of hydrogen-bond donors (Lipinski definition) is 2. The molecule has 0 aliphatic heterocycles. The van der Waals surface area contributed by atoms with Crippen LogP contribution in [0.5, 0.6) is 0 Å². The van der Waals surface area contributed by atoms with E-state index in [1.165, 1.54) is 12.1 Å². The molecule has 0 bridgehead atoms. The van der Waals surface area contributed by atoms with E-state index < -0.39 is 16.1 Å². The number of aliphatic hydroxyl groups excluding tert-OH is 1. The molecule has 2 N–H and O–H groups in total. The summed E-state index contributed by atoms with van der Waals surface area (Å²) in [6.45, 7) is 7.80. The molecular weight excluding hydrogens is 312 g/mol. The molecule has 126 valence electrons. The van der Waals surface area contributed by atoms with Gasteiger partial charge >= 0.3 is 0 Å². The van der Waals surface area contributed by atoms with Gasteiger partial charge in [-0.05, 0) is 49.8 Å². The highest BCUT2D eigenvalue weighted by Crippen LogP contribution is 2.28. The van der Waals surface area contributed by atoms with Crippen LogP contribution in [0.15, 0.2) is 45.9 Å². The number of benzene rings is 1. The lowest BCUT2D eigenvalue weighted by Crippen LogP contribution is -2.37. The Morgan fingerprint density at radius 3 is 2.39 bits per heavy atom. The van der Waals surface area contributed by atoms with E-state index in [0.29, 0.717) is 5.71 Å². The van der Waals surface area contributed by atoms with Crippen LogP contribution in [0.4, 0.5) is 0 Å². The molecule has 0 radical (unpaired) electrons. The van der Waals surface area contributed by atoms with Crippen LogP contribution in [0, 0.1) is 18.8 Å². The number of nitrogens with zero attached hydrogens (tertiary/aromatic N) is 1. The van der Waals surface area contributed by atoms with Crippen molar-refractivity contribution in [3.63, 3.8) is 0 Å². The third-order valence-corrected chi connectivity index (χ3v) is 5.48. The van der Waals surface area contributed by atoms with Gasteiger partial charge in [-0.1, -0.05) is 37.6 Å². The van der Waals surface area contributed by atoms with Crippen LogP contribution in [0.3, 0.4) is 0 Å². The predicted octanol–water partition coefficient (Wildman–Crippen LogP) is 2.61. The molecule has 0 unspecified atom stereocenters. The van der Waals surface area contributed by atoms with Crippen molar-refractivity contribution >= 4 is 15.7 Å². The van der Waals surface area contributed by atoms with Crippen molar-refractivity contribution in [1.82, 2.24) is 4.83 Å². The lowest BCUT2D eigenvalue weighted by atomic mass is 9.79. The average Bonchev–Trinajstić information content (AvgIpc) is 2.47. The quantitative estimate of drug-likeness (QED) is 0.830. The summed E-state index contributed by atoms with van der Waals surface area (Å²) in [5, 5.41) is 14.5. The number of rotatable bonds is 4. The number of hydrazone groups is 1. The second-order valence-electron chi connectivity index (χ2n) is 6.38. The summed E-state index contributed by atoms with van der Waals surface area (Å²) >= 11 is 0. The van der Waals surface area contributed by atoms with Crippen molar-refractivity contribution < 1.29 is 13.5 Å². The minimum Gasteiger partial charge on any atom is -0.386 e. The third-order valence-electron chi connectivity index (χ3n) is 4.26. The van der Waals surface area contributed by atoms with E-state index in [2.05, 4.69) is 9.93 Å². The summed E-state index contributed by atoms with van der Waals surface area (Å²) in [6.07, 6.45) is 2.01. The SMILES string of the molecule is CC1=CC[C@@H](C(C)C)[C@H](O)/C1=N\NS(=O)(=O)c1ccc(C)cc1. The maximum atomic E-state index is 12.3. The van der Waals surface area contributed by atoms with Crippen LogP contribution in [-0.4, -0.2) is 25.3 Å². The summed E-state index contributed by atoms with van der Waals surface area (Å²) in [7, 11) is -3.74. The fraction of sp³-hybridized carbons (Fsp3) is 0.471. The molecule has 5 nitrogen and oxygen atoms in total. The van der Waals surface area contributed by atoms with Gasteiger partial charge < -0.3 is 5.11 Å². The standard InChI is InChI=1S/C17H24N2O3S/c1-11(2)15-10-7-13(4)16(17(15)20)18-19-23(21,22)14-8-5-12(3)6-9-14/h5-9,11,15,17,19-20H,10H2,1-4H3/b18-16-/t15-,17-/m0/s1. The van der Waals surface area contributed by atoms with E-state index in [4.69, 9.17) is 0 Å². The zero-order valence-corrected chi connectivity index (χ0v) is 14.8. The lowest BCUT2D eigenvalue weighted by Gasteiger charge is -2.30. The Morgan fingerprint density at radius 2 is 1.83 bits per heavy atom. The topological polar surface area (TPSA) is 78.8 Å². The van der Waals surface area contributed by atoms with E-state index in [0.717, 1.165) is 17.6 Å². The largest absolute Gasteiger partial charge is 0.386 e. The molecule has 0 spiro atoms. The monoisotopic (exact) mass is 336 g/mol. The fourth-order valence-corrected chi connectivity index (χ4v) is 3.47.